The van der Waals surface area contributed by atoms with E-state index in [1.54, 1.807) is 6.08 Å². The van der Waals surface area contributed by atoms with E-state index in [1.807, 2.05) is 6.08 Å². The second-order valence-electron chi connectivity index (χ2n) is 14.4. The summed E-state index contributed by atoms with van der Waals surface area (Å²) in [6, 6.07) is -0.623. The normalized spacial score (nSPS) is 13.7. The molecule has 3 N–H and O–H groups in total. The third-order valence-corrected chi connectivity index (χ3v) is 9.45. The van der Waals surface area contributed by atoms with Crippen LogP contribution in [0, 0.1) is 0 Å². The summed E-state index contributed by atoms with van der Waals surface area (Å²) in [5.41, 5.74) is 0. The van der Waals surface area contributed by atoms with E-state index in [9.17, 15) is 15.0 Å². The Balaban J connectivity index is 3.53. The fourth-order valence-corrected chi connectivity index (χ4v) is 6.14. The predicted octanol–water partition coefficient (Wildman–Crippen LogP) is 13.5. The van der Waals surface area contributed by atoms with Gasteiger partial charge in [-0.2, -0.15) is 0 Å². The van der Waals surface area contributed by atoms with Crippen molar-refractivity contribution in [3.8, 4) is 0 Å². The summed E-state index contributed by atoms with van der Waals surface area (Å²) in [5.74, 6) is -0.0706. The number of nitrogens with one attached hydrogen (secondary N) is 1. The smallest absolute Gasteiger partial charge is 0.220 e. The van der Waals surface area contributed by atoms with Crippen LogP contribution in [0.5, 0.6) is 0 Å². The molecule has 0 radical (unpaired) electrons. The molecular formula is C47H83NO3. The molecule has 294 valence electrons. The van der Waals surface area contributed by atoms with Gasteiger partial charge < -0.3 is 15.5 Å². The molecule has 51 heavy (non-hydrogen) atoms. The Kier molecular flexibility index (Phi) is 40.4. The second-order valence-corrected chi connectivity index (χ2v) is 14.4. The largest absolute Gasteiger partial charge is 0.394 e. The summed E-state index contributed by atoms with van der Waals surface area (Å²) in [6.07, 6.45) is 60.1. The molecule has 0 aromatic rings. The Morgan fingerprint density at radius 2 is 0.863 bits per heavy atom. The van der Waals surface area contributed by atoms with Crippen molar-refractivity contribution in [3.63, 3.8) is 0 Å². The van der Waals surface area contributed by atoms with E-state index in [2.05, 4.69) is 79.9 Å². The first-order valence-corrected chi connectivity index (χ1v) is 21.7. The van der Waals surface area contributed by atoms with Crippen LogP contribution in [0.3, 0.4) is 0 Å². The van der Waals surface area contributed by atoms with Gasteiger partial charge in [-0.15, -0.1) is 0 Å². The van der Waals surface area contributed by atoms with Crippen molar-refractivity contribution < 1.29 is 15.0 Å². The zero-order valence-corrected chi connectivity index (χ0v) is 33.6. The van der Waals surface area contributed by atoms with E-state index >= 15 is 0 Å². The molecule has 1 amide bonds. The molecular weight excluding hydrogens is 627 g/mol. The molecule has 0 aromatic carbocycles. The van der Waals surface area contributed by atoms with Crippen LogP contribution in [0.2, 0.25) is 0 Å². The first-order valence-electron chi connectivity index (χ1n) is 21.7. The van der Waals surface area contributed by atoms with Gasteiger partial charge in [-0.1, -0.05) is 202 Å². The van der Waals surface area contributed by atoms with Crippen LogP contribution >= 0.6 is 0 Å². The van der Waals surface area contributed by atoms with Crippen molar-refractivity contribution in [2.75, 3.05) is 6.61 Å². The molecule has 0 heterocycles. The van der Waals surface area contributed by atoms with Gasteiger partial charge in [-0.05, 0) is 64.2 Å². The fourth-order valence-electron chi connectivity index (χ4n) is 6.14. The Morgan fingerprint density at radius 1 is 0.490 bits per heavy atom. The van der Waals surface area contributed by atoms with Gasteiger partial charge >= 0.3 is 0 Å². The summed E-state index contributed by atoms with van der Waals surface area (Å²) in [4.78, 5) is 12.3. The van der Waals surface area contributed by atoms with Gasteiger partial charge in [0, 0.05) is 6.42 Å². The van der Waals surface area contributed by atoms with E-state index < -0.39 is 12.1 Å². The number of carbonyl (C=O) groups excluding carboxylic acids is 1. The van der Waals surface area contributed by atoms with Gasteiger partial charge in [0.2, 0.25) is 5.91 Å². The molecule has 0 aliphatic heterocycles. The average molecular weight is 710 g/mol. The van der Waals surface area contributed by atoms with Crippen LogP contribution in [-0.2, 0) is 4.79 Å². The lowest BCUT2D eigenvalue weighted by molar-refractivity contribution is -0.123. The van der Waals surface area contributed by atoms with Crippen molar-refractivity contribution in [2.24, 2.45) is 0 Å². The summed E-state index contributed by atoms with van der Waals surface area (Å²) < 4.78 is 0. The number of amides is 1. The van der Waals surface area contributed by atoms with Crippen LogP contribution < -0.4 is 5.32 Å². The number of hydrogen-bond donors (Lipinski definition) is 3. The topological polar surface area (TPSA) is 69.6 Å². The van der Waals surface area contributed by atoms with Crippen LogP contribution in [0.15, 0.2) is 72.9 Å². The van der Waals surface area contributed by atoms with Gasteiger partial charge in [0.25, 0.3) is 0 Å². The van der Waals surface area contributed by atoms with Crippen molar-refractivity contribution >= 4 is 5.91 Å². The number of rotatable bonds is 38. The quantitative estimate of drug-likeness (QED) is 0.0441. The first kappa shape index (κ1) is 48.8. The van der Waals surface area contributed by atoms with Crippen molar-refractivity contribution in [1.82, 2.24) is 5.32 Å². The molecule has 4 nitrogen and oxygen atoms in total. The summed E-state index contributed by atoms with van der Waals surface area (Å²) in [6.45, 7) is 4.16. The third kappa shape index (κ3) is 38.9. The fraction of sp³-hybridized carbons (Fsp3) is 0.723. The number of carbonyl (C=O) groups is 1. The number of aliphatic hydroxyl groups is 2. The van der Waals surface area contributed by atoms with Crippen LogP contribution in [0.4, 0.5) is 0 Å². The van der Waals surface area contributed by atoms with E-state index in [0.29, 0.717) is 6.42 Å². The molecule has 0 bridgehead atoms. The molecule has 0 aromatic heterocycles. The highest BCUT2D eigenvalue weighted by Gasteiger charge is 2.17. The Hall–Kier alpha value is -2.17. The second kappa shape index (κ2) is 42.2. The third-order valence-electron chi connectivity index (χ3n) is 9.45. The number of aliphatic hydroxyl groups excluding tert-OH is 2. The van der Waals surface area contributed by atoms with Crippen molar-refractivity contribution in [2.45, 2.75) is 212 Å². The van der Waals surface area contributed by atoms with Gasteiger partial charge in [0.1, 0.15) is 0 Å². The Morgan fingerprint density at radius 3 is 1.29 bits per heavy atom. The van der Waals surface area contributed by atoms with E-state index in [0.717, 1.165) is 57.8 Å². The average Bonchev–Trinajstić information content (AvgIpc) is 3.13. The van der Waals surface area contributed by atoms with Gasteiger partial charge in [0.15, 0.2) is 0 Å². The molecule has 2 unspecified atom stereocenters. The Bertz CT molecular complexity index is 899. The standard InChI is InChI=1S/C47H83NO3/c1-3-5-7-9-11-13-15-16-17-18-19-20-21-22-23-24-25-26-27-28-29-30-31-32-33-35-37-39-41-43-47(51)48-45(44-49)46(50)42-40-38-36-34-14-12-10-8-6-4-2/h5,7,11,13,16-17,19-20,22-23,40,42,45-46,49-50H,3-4,6,8-10,12,14-15,18,21,24-39,41,43-44H2,1-2H3,(H,48,51)/b7-5-,13-11-,17-16-,20-19-,23-22-,42-40+. The molecule has 0 aliphatic carbocycles. The highest BCUT2D eigenvalue weighted by molar-refractivity contribution is 5.76. The molecule has 2 atom stereocenters. The van der Waals surface area contributed by atoms with Gasteiger partial charge in [-0.3, -0.25) is 4.79 Å². The first-order chi connectivity index (χ1) is 25.2. The lowest BCUT2D eigenvalue weighted by atomic mass is 10.0. The molecule has 0 rings (SSSR count). The molecule has 0 aliphatic rings. The minimum atomic E-state index is -0.840. The molecule has 0 saturated carbocycles. The molecule has 0 spiro atoms. The summed E-state index contributed by atoms with van der Waals surface area (Å²) >= 11 is 0. The van der Waals surface area contributed by atoms with Crippen LogP contribution in [-0.4, -0.2) is 34.9 Å². The lowest BCUT2D eigenvalue weighted by Crippen LogP contribution is -2.45. The van der Waals surface area contributed by atoms with E-state index in [1.165, 1.54) is 122 Å². The minimum absolute atomic E-state index is 0.0706. The molecule has 0 fully saturated rings. The molecule has 0 saturated heterocycles. The van der Waals surface area contributed by atoms with Crippen molar-refractivity contribution in [3.05, 3.63) is 72.9 Å². The van der Waals surface area contributed by atoms with E-state index in [4.69, 9.17) is 0 Å². The minimum Gasteiger partial charge on any atom is -0.394 e. The highest BCUT2D eigenvalue weighted by atomic mass is 16.3. The molecule has 4 heteroatoms. The van der Waals surface area contributed by atoms with Crippen LogP contribution in [0.25, 0.3) is 0 Å². The van der Waals surface area contributed by atoms with Crippen LogP contribution in [0.1, 0.15) is 200 Å². The van der Waals surface area contributed by atoms with Gasteiger partial charge in [0.05, 0.1) is 18.8 Å². The highest BCUT2D eigenvalue weighted by Crippen LogP contribution is 2.14. The van der Waals surface area contributed by atoms with Crippen molar-refractivity contribution in [1.29, 1.82) is 0 Å². The van der Waals surface area contributed by atoms with Gasteiger partial charge in [-0.25, -0.2) is 0 Å². The number of unbranched alkanes of at least 4 members (excludes halogenated alkanes) is 21. The number of allylic oxidation sites excluding steroid dienone is 11. The summed E-state index contributed by atoms with van der Waals surface area (Å²) in [5, 5.41) is 22.9. The maximum Gasteiger partial charge on any atom is 0.220 e. The maximum atomic E-state index is 12.3. The Labute approximate surface area is 317 Å². The maximum absolute atomic E-state index is 12.3. The van der Waals surface area contributed by atoms with E-state index in [-0.39, 0.29) is 12.5 Å². The zero-order chi connectivity index (χ0) is 37.1. The zero-order valence-electron chi connectivity index (χ0n) is 33.6. The predicted molar refractivity (Wildman–Crippen MR) is 225 cm³/mol. The lowest BCUT2D eigenvalue weighted by Gasteiger charge is -2.20. The summed E-state index contributed by atoms with van der Waals surface area (Å²) in [7, 11) is 0. The number of hydrogen-bond acceptors (Lipinski definition) is 3. The SMILES string of the molecule is CC/C=C\C/C=C\C/C=C\C/C=C\C/C=C\CCCCCCCCCCCCCCCC(=O)NC(CO)C(O)/C=C/CCCCCCCCCC. The monoisotopic (exact) mass is 710 g/mol.